The summed E-state index contributed by atoms with van der Waals surface area (Å²) < 4.78 is 23.6. The van der Waals surface area contributed by atoms with E-state index in [1.165, 1.54) is 0 Å². The number of hydrogen-bond acceptors (Lipinski definition) is 7. The number of hydrogen-bond donors (Lipinski definition) is 0. The number of nitrogens with zero attached hydrogens (tertiary/aromatic N) is 3. The molecular weight excluding hydrogens is 370 g/mol. The van der Waals surface area contributed by atoms with Crippen LogP contribution in [-0.2, 0) is 15.9 Å². The average Bonchev–Trinajstić information content (AvgIpc) is 3.04. The van der Waals surface area contributed by atoms with Gasteiger partial charge in [0.2, 0.25) is 0 Å². The molecule has 1 aromatic heterocycles. The lowest BCUT2D eigenvalue weighted by Gasteiger charge is -2.21. The van der Waals surface area contributed by atoms with E-state index in [2.05, 4.69) is 16.8 Å². The van der Waals surface area contributed by atoms with Crippen LogP contribution in [0.15, 0.2) is 30.3 Å². The Labute approximate surface area is 172 Å². The van der Waals surface area contributed by atoms with Crippen LogP contribution >= 0.6 is 0 Å². The van der Waals surface area contributed by atoms with E-state index >= 15 is 0 Å². The molecule has 0 amide bonds. The second-order valence-electron chi connectivity index (χ2n) is 7.60. The molecule has 7 nitrogen and oxygen atoms in total. The van der Waals surface area contributed by atoms with Crippen molar-refractivity contribution in [3.8, 4) is 11.5 Å². The first kappa shape index (κ1) is 19.9. The highest BCUT2D eigenvalue weighted by molar-refractivity contribution is 5.42. The standard InChI is InChI=1S/C22H29N3O4/c1-4-6-21-23-15(2)9-22(24-21)25-11-19-20(12-25)28-14-18(13-27-19)29-17-8-5-7-16(10-17)26-3/h5,7-10,18-20H,4,6,11-14H2,1-3H3/t19-,20-/m0/s1. The quantitative estimate of drug-likeness (QED) is 0.740. The molecule has 0 saturated carbocycles. The maximum Gasteiger partial charge on any atom is 0.145 e. The van der Waals surface area contributed by atoms with Crippen molar-refractivity contribution in [1.82, 2.24) is 9.97 Å². The monoisotopic (exact) mass is 399 g/mol. The topological polar surface area (TPSA) is 65.9 Å². The molecule has 156 valence electrons. The maximum atomic E-state index is 6.16. The van der Waals surface area contributed by atoms with E-state index in [0.29, 0.717) is 13.2 Å². The Kier molecular flexibility index (Phi) is 6.16. The normalized spacial score (nSPS) is 22.2. The van der Waals surface area contributed by atoms with Gasteiger partial charge in [0.1, 0.15) is 41.5 Å². The minimum absolute atomic E-state index is 0.0128. The van der Waals surface area contributed by atoms with E-state index in [1.807, 2.05) is 37.3 Å². The van der Waals surface area contributed by atoms with Gasteiger partial charge in [-0.15, -0.1) is 0 Å². The lowest BCUT2D eigenvalue weighted by atomic mass is 10.3. The van der Waals surface area contributed by atoms with Crippen LogP contribution in [0, 0.1) is 6.92 Å². The van der Waals surface area contributed by atoms with Crippen LogP contribution < -0.4 is 14.4 Å². The molecule has 29 heavy (non-hydrogen) atoms. The first-order valence-corrected chi connectivity index (χ1v) is 10.3. The number of fused-ring (bicyclic) bond motifs is 1. The Hall–Kier alpha value is -2.38. The van der Waals surface area contributed by atoms with Crippen LogP contribution in [0.1, 0.15) is 24.9 Å². The minimum atomic E-state index is -0.140. The van der Waals surface area contributed by atoms with Crippen LogP contribution in [0.25, 0.3) is 0 Å². The van der Waals surface area contributed by atoms with Gasteiger partial charge in [0, 0.05) is 37.3 Å². The van der Waals surface area contributed by atoms with Gasteiger partial charge in [-0.2, -0.15) is 0 Å². The molecule has 2 aliphatic heterocycles. The molecule has 2 aliphatic rings. The van der Waals surface area contributed by atoms with Gasteiger partial charge in [-0.05, 0) is 25.5 Å². The Morgan fingerprint density at radius 1 is 1.07 bits per heavy atom. The predicted octanol–water partition coefficient (Wildman–Crippen LogP) is 2.80. The zero-order valence-electron chi connectivity index (χ0n) is 17.3. The third kappa shape index (κ3) is 4.79. The van der Waals surface area contributed by atoms with Gasteiger partial charge in [-0.3, -0.25) is 0 Å². The smallest absolute Gasteiger partial charge is 0.145 e. The number of benzene rings is 1. The van der Waals surface area contributed by atoms with Crippen molar-refractivity contribution in [1.29, 1.82) is 0 Å². The molecule has 2 atom stereocenters. The molecule has 7 heteroatoms. The summed E-state index contributed by atoms with van der Waals surface area (Å²) in [5.74, 6) is 3.40. The summed E-state index contributed by atoms with van der Waals surface area (Å²) in [6.07, 6.45) is 1.82. The van der Waals surface area contributed by atoms with Gasteiger partial charge in [0.15, 0.2) is 0 Å². The number of aryl methyl sites for hydroxylation is 2. The van der Waals surface area contributed by atoms with E-state index in [4.69, 9.17) is 23.9 Å². The fourth-order valence-corrected chi connectivity index (χ4v) is 3.81. The highest BCUT2D eigenvalue weighted by atomic mass is 16.6. The van der Waals surface area contributed by atoms with Gasteiger partial charge in [-0.1, -0.05) is 13.0 Å². The van der Waals surface area contributed by atoms with Crippen molar-refractivity contribution in [2.24, 2.45) is 0 Å². The third-order valence-electron chi connectivity index (χ3n) is 5.24. The number of methoxy groups -OCH3 is 1. The number of aromatic nitrogens is 2. The van der Waals surface area contributed by atoms with Gasteiger partial charge in [0.25, 0.3) is 0 Å². The number of rotatable bonds is 6. The molecule has 0 N–H and O–H groups in total. The molecular formula is C22H29N3O4. The van der Waals surface area contributed by atoms with Crippen molar-refractivity contribution in [3.05, 3.63) is 41.9 Å². The molecule has 0 spiro atoms. The molecule has 1 aromatic carbocycles. The Morgan fingerprint density at radius 2 is 1.79 bits per heavy atom. The molecule has 4 rings (SSSR count). The van der Waals surface area contributed by atoms with E-state index in [9.17, 15) is 0 Å². The Morgan fingerprint density at radius 3 is 2.48 bits per heavy atom. The zero-order chi connectivity index (χ0) is 20.2. The van der Waals surface area contributed by atoms with Crippen LogP contribution in [0.2, 0.25) is 0 Å². The predicted molar refractivity (Wildman–Crippen MR) is 110 cm³/mol. The zero-order valence-corrected chi connectivity index (χ0v) is 17.3. The second kappa shape index (κ2) is 8.97. The average molecular weight is 399 g/mol. The molecule has 0 aliphatic carbocycles. The number of ether oxygens (including phenoxy) is 4. The van der Waals surface area contributed by atoms with Crippen molar-refractivity contribution >= 4 is 5.82 Å². The number of anilines is 1. The van der Waals surface area contributed by atoms with Crippen LogP contribution in [0.3, 0.4) is 0 Å². The van der Waals surface area contributed by atoms with Gasteiger partial charge in [-0.25, -0.2) is 9.97 Å². The second-order valence-corrected chi connectivity index (χ2v) is 7.60. The Balaban J connectivity index is 1.37. The van der Waals surface area contributed by atoms with Crippen molar-refractivity contribution < 1.29 is 18.9 Å². The van der Waals surface area contributed by atoms with E-state index in [1.54, 1.807) is 7.11 Å². The van der Waals surface area contributed by atoms with Crippen molar-refractivity contribution in [2.45, 2.75) is 45.0 Å². The summed E-state index contributed by atoms with van der Waals surface area (Å²) in [6, 6.07) is 9.64. The SMILES string of the molecule is CCCc1nc(C)cc(N2C[C@@H]3OCC(Oc4cccc(OC)c4)CO[C@H]3C2)n1. The lowest BCUT2D eigenvalue weighted by molar-refractivity contribution is -0.00461. The fraction of sp³-hybridized carbons (Fsp3) is 0.545. The molecule has 0 unspecified atom stereocenters. The highest BCUT2D eigenvalue weighted by Gasteiger charge is 2.38. The summed E-state index contributed by atoms with van der Waals surface area (Å²) in [6.45, 7) is 6.68. The van der Waals surface area contributed by atoms with Crippen LogP contribution in [-0.4, -0.2) is 61.7 Å². The molecule has 3 heterocycles. The van der Waals surface area contributed by atoms with Crippen molar-refractivity contribution in [2.75, 3.05) is 38.3 Å². The molecule has 0 radical (unpaired) electrons. The third-order valence-corrected chi connectivity index (χ3v) is 5.24. The highest BCUT2D eigenvalue weighted by Crippen LogP contribution is 2.27. The van der Waals surface area contributed by atoms with Crippen molar-refractivity contribution in [3.63, 3.8) is 0 Å². The van der Waals surface area contributed by atoms with Crippen LogP contribution in [0.4, 0.5) is 5.82 Å². The molecule has 2 aromatic rings. The fourth-order valence-electron chi connectivity index (χ4n) is 3.81. The first-order chi connectivity index (χ1) is 14.1. The summed E-state index contributed by atoms with van der Waals surface area (Å²) in [5, 5.41) is 0. The minimum Gasteiger partial charge on any atom is -0.497 e. The summed E-state index contributed by atoms with van der Waals surface area (Å²) in [4.78, 5) is 11.5. The lowest BCUT2D eigenvalue weighted by Crippen LogP contribution is -2.30. The van der Waals surface area contributed by atoms with Crippen LogP contribution in [0.5, 0.6) is 11.5 Å². The summed E-state index contributed by atoms with van der Waals surface area (Å²) in [5.41, 5.74) is 0.999. The summed E-state index contributed by atoms with van der Waals surface area (Å²) >= 11 is 0. The largest absolute Gasteiger partial charge is 0.497 e. The van der Waals surface area contributed by atoms with E-state index < -0.39 is 0 Å². The van der Waals surface area contributed by atoms with E-state index in [0.717, 1.165) is 54.8 Å². The van der Waals surface area contributed by atoms with E-state index in [-0.39, 0.29) is 18.3 Å². The molecule has 2 fully saturated rings. The van der Waals surface area contributed by atoms with Gasteiger partial charge < -0.3 is 23.8 Å². The first-order valence-electron chi connectivity index (χ1n) is 10.3. The molecule has 0 bridgehead atoms. The maximum absolute atomic E-state index is 6.16. The van der Waals surface area contributed by atoms with Gasteiger partial charge >= 0.3 is 0 Å². The Bertz CT molecular complexity index is 815. The summed E-state index contributed by atoms with van der Waals surface area (Å²) in [7, 11) is 1.65. The molecule has 2 saturated heterocycles. The van der Waals surface area contributed by atoms with Gasteiger partial charge in [0.05, 0.1) is 20.3 Å².